The second kappa shape index (κ2) is 7.17. The first-order chi connectivity index (χ1) is 10.1. The van der Waals surface area contributed by atoms with Crippen molar-refractivity contribution in [3.8, 4) is 17.4 Å². The van der Waals surface area contributed by atoms with Crippen LogP contribution in [0.2, 0.25) is 5.02 Å². The number of anilines is 1. The lowest BCUT2D eigenvalue weighted by molar-refractivity contribution is 0.292. The number of nitrogens with zero attached hydrogens (tertiary/aromatic N) is 3. The van der Waals surface area contributed by atoms with E-state index in [1.807, 2.05) is 13.8 Å². The zero-order valence-corrected chi connectivity index (χ0v) is 12.6. The van der Waals surface area contributed by atoms with E-state index in [4.69, 9.17) is 16.3 Å². The second-order valence-corrected chi connectivity index (χ2v) is 4.70. The number of hydrogen-bond acceptors (Lipinski definition) is 5. The third-order valence-electron chi connectivity index (χ3n) is 2.56. The fraction of sp³-hybridized carbons (Fsp3) is 0.357. The summed E-state index contributed by atoms with van der Waals surface area (Å²) in [7, 11) is 0. The molecule has 112 valence electrons. The van der Waals surface area contributed by atoms with Crippen LogP contribution >= 0.6 is 11.6 Å². The molecule has 0 saturated heterocycles. The van der Waals surface area contributed by atoms with Crippen molar-refractivity contribution in [3.63, 3.8) is 0 Å². The molecule has 0 atom stereocenters. The molecule has 1 N–H and O–H groups in total. The Balaban J connectivity index is 2.43. The molecule has 0 aliphatic carbocycles. The van der Waals surface area contributed by atoms with E-state index in [0.29, 0.717) is 24.1 Å². The Hall–Kier alpha value is -1.95. The molecular weight excluding hydrogens is 295 g/mol. The minimum atomic E-state index is -0.488. The second-order valence-electron chi connectivity index (χ2n) is 4.27. The van der Waals surface area contributed by atoms with E-state index >= 15 is 0 Å². The van der Waals surface area contributed by atoms with Gasteiger partial charge in [-0.15, -0.1) is 0 Å². The lowest BCUT2D eigenvalue weighted by atomic mass is 10.2. The molecule has 0 radical (unpaired) electrons. The van der Waals surface area contributed by atoms with E-state index in [1.165, 1.54) is 12.1 Å². The molecule has 2 aromatic rings. The van der Waals surface area contributed by atoms with Gasteiger partial charge in [-0.05, 0) is 31.5 Å². The highest BCUT2D eigenvalue weighted by molar-refractivity contribution is 6.30. The van der Waals surface area contributed by atoms with E-state index in [0.717, 1.165) is 6.42 Å². The number of halogens is 2. The van der Waals surface area contributed by atoms with Gasteiger partial charge >= 0.3 is 6.01 Å². The minimum Gasteiger partial charge on any atom is -0.463 e. The van der Waals surface area contributed by atoms with Crippen molar-refractivity contribution in [1.29, 1.82) is 0 Å². The summed E-state index contributed by atoms with van der Waals surface area (Å²) in [5, 5.41) is 3.29. The van der Waals surface area contributed by atoms with Gasteiger partial charge in [-0.1, -0.05) is 18.5 Å². The summed E-state index contributed by atoms with van der Waals surface area (Å²) < 4.78 is 19.4. The van der Waals surface area contributed by atoms with Gasteiger partial charge in [-0.3, -0.25) is 0 Å². The summed E-state index contributed by atoms with van der Waals surface area (Å²) >= 11 is 5.76. The number of aromatic nitrogens is 3. The van der Waals surface area contributed by atoms with Crippen molar-refractivity contribution in [2.75, 3.05) is 18.5 Å². The highest BCUT2D eigenvalue weighted by Gasteiger charge is 2.13. The molecule has 1 aromatic carbocycles. The fourth-order valence-corrected chi connectivity index (χ4v) is 1.80. The molecule has 0 amide bonds. The van der Waals surface area contributed by atoms with E-state index in [1.54, 1.807) is 6.07 Å². The quantitative estimate of drug-likeness (QED) is 0.884. The number of benzene rings is 1. The van der Waals surface area contributed by atoms with Gasteiger partial charge in [0.2, 0.25) is 5.95 Å². The monoisotopic (exact) mass is 310 g/mol. The molecule has 0 unspecified atom stereocenters. The minimum absolute atomic E-state index is 0.173. The first-order valence-corrected chi connectivity index (χ1v) is 7.10. The molecule has 0 aliphatic rings. The maximum atomic E-state index is 14.0. The smallest absolute Gasteiger partial charge is 0.321 e. The van der Waals surface area contributed by atoms with Gasteiger partial charge in [0.05, 0.1) is 12.2 Å². The Kier molecular flexibility index (Phi) is 5.27. The van der Waals surface area contributed by atoms with Crippen LogP contribution in [0, 0.1) is 5.82 Å². The Morgan fingerprint density at radius 2 is 2.05 bits per heavy atom. The standard InChI is InChI=1S/C14H16ClFN4O/c1-3-7-21-14-19-12(18-13(20-14)17-4-2)10-6-5-9(15)8-11(10)16/h5-6,8H,3-4,7H2,1-2H3,(H,17,18,19,20). The van der Waals surface area contributed by atoms with E-state index in [2.05, 4.69) is 20.3 Å². The van der Waals surface area contributed by atoms with Crippen LogP contribution in [0.3, 0.4) is 0 Å². The third-order valence-corrected chi connectivity index (χ3v) is 2.79. The van der Waals surface area contributed by atoms with Gasteiger partial charge in [0.1, 0.15) is 5.82 Å². The fourth-order valence-electron chi connectivity index (χ4n) is 1.64. The zero-order valence-electron chi connectivity index (χ0n) is 11.9. The molecule has 0 saturated carbocycles. The van der Waals surface area contributed by atoms with Gasteiger partial charge in [0.25, 0.3) is 0 Å². The number of rotatable bonds is 6. The summed E-state index contributed by atoms with van der Waals surface area (Å²) in [6.45, 7) is 5.02. The Morgan fingerprint density at radius 1 is 1.24 bits per heavy atom. The van der Waals surface area contributed by atoms with Crippen molar-refractivity contribution in [2.45, 2.75) is 20.3 Å². The Labute approximate surface area is 127 Å². The number of ether oxygens (including phenoxy) is 1. The van der Waals surface area contributed by atoms with Crippen LogP contribution in [0.15, 0.2) is 18.2 Å². The topological polar surface area (TPSA) is 59.9 Å². The van der Waals surface area contributed by atoms with Crippen molar-refractivity contribution in [1.82, 2.24) is 15.0 Å². The largest absolute Gasteiger partial charge is 0.463 e. The van der Waals surface area contributed by atoms with Crippen LogP contribution in [0.4, 0.5) is 10.3 Å². The predicted molar refractivity (Wildman–Crippen MR) is 80.2 cm³/mol. The number of hydrogen-bond donors (Lipinski definition) is 1. The average Bonchev–Trinajstić information content (AvgIpc) is 2.45. The summed E-state index contributed by atoms with van der Waals surface area (Å²) in [5.41, 5.74) is 0.252. The SMILES string of the molecule is CCCOc1nc(NCC)nc(-c2ccc(Cl)cc2F)n1. The van der Waals surface area contributed by atoms with Crippen molar-refractivity contribution < 1.29 is 9.13 Å². The molecule has 0 spiro atoms. The van der Waals surface area contributed by atoms with Crippen LogP contribution in [-0.4, -0.2) is 28.1 Å². The zero-order chi connectivity index (χ0) is 15.2. The van der Waals surface area contributed by atoms with E-state index in [9.17, 15) is 4.39 Å². The van der Waals surface area contributed by atoms with E-state index < -0.39 is 5.82 Å². The van der Waals surface area contributed by atoms with Crippen LogP contribution in [0.25, 0.3) is 11.4 Å². The van der Waals surface area contributed by atoms with Crippen molar-refractivity contribution >= 4 is 17.5 Å². The normalized spacial score (nSPS) is 10.5. The average molecular weight is 311 g/mol. The molecule has 1 heterocycles. The molecule has 1 aromatic heterocycles. The molecule has 2 rings (SSSR count). The Bertz CT molecular complexity index is 624. The van der Waals surface area contributed by atoms with Crippen molar-refractivity contribution in [2.24, 2.45) is 0 Å². The van der Waals surface area contributed by atoms with Gasteiger partial charge in [0.15, 0.2) is 5.82 Å². The summed E-state index contributed by atoms with van der Waals surface area (Å²) in [4.78, 5) is 12.5. The van der Waals surface area contributed by atoms with Gasteiger partial charge in [-0.2, -0.15) is 15.0 Å². The summed E-state index contributed by atoms with van der Waals surface area (Å²) in [6, 6.07) is 4.52. The van der Waals surface area contributed by atoms with Gasteiger partial charge < -0.3 is 10.1 Å². The van der Waals surface area contributed by atoms with Crippen molar-refractivity contribution in [3.05, 3.63) is 29.0 Å². The first kappa shape index (κ1) is 15.4. The molecule has 0 fully saturated rings. The molecule has 5 nitrogen and oxygen atoms in total. The summed E-state index contributed by atoms with van der Waals surface area (Å²) in [6.07, 6.45) is 0.826. The van der Waals surface area contributed by atoms with Crippen LogP contribution in [0.5, 0.6) is 6.01 Å². The van der Waals surface area contributed by atoms with E-state index in [-0.39, 0.29) is 17.4 Å². The molecule has 0 aliphatic heterocycles. The lowest BCUT2D eigenvalue weighted by Gasteiger charge is -2.09. The number of nitrogens with one attached hydrogen (secondary N) is 1. The van der Waals surface area contributed by atoms with Gasteiger partial charge in [0, 0.05) is 11.6 Å². The van der Waals surface area contributed by atoms with Crippen LogP contribution < -0.4 is 10.1 Å². The molecule has 7 heteroatoms. The Morgan fingerprint density at radius 3 is 2.71 bits per heavy atom. The highest BCUT2D eigenvalue weighted by Crippen LogP contribution is 2.24. The maximum Gasteiger partial charge on any atom is 0.321 e. The molecule has 21 heavy (non-hydrogen) atoms. The highest BCUT2D eigenvalue weighted by atomic mass is 35.5. The first-order valence-electron chi connectivity index (χ1n) is 6.72. The maximum absolute atomic E-state index is 14.0. The molecular formula is C14H16ClFN4O. The van der Waals surface area contributed by atoms with Crippen LogP contribution in [-0.2, 0) is 0 Å². The van der Waals surface area contributed by atoms with Crippen LogP contribution in [0.1, 0.15) is 20.3 Å². The summed E-state index contributed by atoms with van der Waals surface area (Å²) in [5.74, 6) is 0.0711. The predicted octanol–water partition coefficient (Wildman–Crippen LogP) is 3.55. The van der Waals surface area contributed by atoms with Gasteiger partial charge in [-0.25, -0.2) is 4.39 Å². The molecule has 0 bridgehead atoms. The third kappa shape index (κ3) is 4.01. The lowest BCUT2D eigenvalue weighted by Crippen LogP contribution is -2.08.